The van der Waals surface area contributed by atoms with E-state index in [-0.39, 0.29) is 10.8 Å². The molecule has 0 saturated heterocycles. The average Bonchev–Trinajstić information content (AvgIpc) is 2.34. The summed E-state index contributed by atoms with van der Waals surface area (Å²) >= 11 is 1.64. The van der Waals surface area contributed by atoms with Crippen molar-refractivity contribution in [1.82, 2.24) is 5.32 Å². The van der Waals surface area contributed by atoms with Crippen LogP contribution in [0, 0.1) is 11.3 Å². The second kappa shape index (κ2) is 6.82. The molecule has 1 rings (SSSR count). The number of benzene rings is 1. The molecule has 0 spiro atoms. The molecule has 2 nitrogen and oxygen atoms in total. The summed E-state index contributed by atoms with van der Waals surface area (Å²) in [4.78, 5) is 1.17. The molecule has 18 heavy (non-hydrogen) atoms. The first kappa shape index (κ1) is 15.1. The highest BCUT2D eigenvalue weighted by atomic mass is 32.2. The van der Waals surface area contributed by atoms with E-state index in [9.17, 15) is 0 Å². The van der Waals surface area contributed by atoms with Crippen LogP contribution in [0.4, 0.5) is 0 Å². The fourth-order valence-corrected chi connectivity index (χ4v) is 2.26. The Balaban J connectivity index is 2.55. The summed E-state index contributed by atoms with van der Waals surface area (Å²) in [5.41, 5.74) is 1.42. The number of hydrogen-bond donors (Lipinski definition) is 1. The lowest BCUT2D eigenvalue weighted by Gasteiger charge is -2.20. The molecule has 0 aliphatic heterocycles. The van der Waals surface area contributed by atoms with Crippen molar-refractivity contribution in [3.05, 3.63) is 29.8 Å². The lowest BCUT2D eigenvalue weighted by atomic mass is 10.1. The van der Waals surface area contributed by atoms with Gasteiger partial charge in [-0.1, -0.05) is 19.1 Å². The molecule has 0 bridgehead atoms. The lowest BCUT2D eigenvalue weighted by molar-refractivity contribution is 0.424. The third kappa shape index (κ3) is 5.57. The van der Waals surface area contributed by atoms with Crippen LogP contribution in [0.2, 0.25) is 0 Å². The standard InChI is InChI=1S/C15H22N2S/c1-5-13(10-16)18-14-8-6-12(7-9-14)11-17-15(2,3)4/h6-9,13,17H,5,11H2,1-4H3. The Morgan fingerprint density at radius 2 is 1.89 bits per heavy atom. The Hall–Kier alpha value is -0.980. The largest absolute Gasteiger partial charge is 0.308 e. The fraction of sp³-hybridized carbons (Fsp3) is 0.533. The predicted octanol–water partition coefficient (Wildman–Crippen LogP) is 3.97. The first-order valence-corrected chi connectivity index (χ1v) is 7.23. The highest BCUT2D eigenvalue weighted by Crippen LogP contribution is 2.25. The first-order chi connectivity index (χ1) is 8.44. The van der Waals surface area contributed by atoms with E-state index in [1.54, 1.807) is 11.8 Å². The van der Waals surface area contributed by atoms with Crippen molar-refractivity contribution in [2.24, 2.45) is 0 Å². The van der Waals surface area contributed by atoms with Crippen LogP contribution < -0.4 is 5.32 Å². The zero-order valence-corrected chi connectivity index (χ0v) is 12.5. The van der Waals surface area contributed by atoms with Gasteiger partial charge in [0.15, 0.2) is 0 Å². The fourth-order valence-electron chi connectivity index (χ4n) is 1.42. The molecule has 0 aromatic heterocycles. The molecule has 1 atom stereocenters. The summed E-state index contributed by atoms with van der Waals surface area (Å²) in [5, 5.41) is 12.5. The van der Waals surface area contributed by atoms with Gasteiger partial charge in [-0.15, -0.1) is 11.8 Å². The molecule has 1 aromatic rings. The van der Waals surface area contributed by atoms with Crippen molar-refractivity contribution in [2.45, 2.75) is 56.3 Å². The Labute approximate surface area is 115 Å². The van der Waals surface area contributed by atoms with E-state index in [2.05, 4.69) is 56.4 Å². The molecular weight excluding hydrogens is 240 g/mol. The molecule has 98 valence electrons. The third-order valence-electron chi connectivity index (χ3n) is 2.54. The smallest absolute Gasteiger partial charge is 0.0961 e. The summed E-state index contributed by atoms with van der Waals surface area (Å²) in [6.45, 7) is 9.41. The minimum atomic E-state index is 0.0588. The zero-order chi connectivity index (χ0) is 13.6. The zero-order valence-electron chi connectivity index (χ0n) is 11.7. The van der Waals surface area contributed by atoms with Crippen molar-refractivity contribution < 1.29 is 0 Å². The topological polar surface area (TPSA) is 35.8 Å². The van der Waals surface area contributed by atoms with Crippen LogP contribution in [-0.2, 0) is 6.54 Å². The first-order valence-electron chi connectivity index (χ1n) is 6.35. The molecule has 0 heterocycles. The molecular formula is C15H22N2S. The number of thioether (sulfide) groups is 1. The van der Waals surface area contributed by atoms with E-state index in [0.717, 1.165) is 13.0 Å². The van der Waals surface area contributed by atoms with Gasteiger partial charge in [-0.2, -0.15) is 5.26 Å². The van der Waals surface area contributed by atoms with Crippen molar-refractivity contribution in [3.8, 4) is 6.07 Å². The Morgan fingerprint density at radius 3 is 2.33 bits per heavy atom. The number of nitrogens with one attached hydrogen (secondary N) is 1. The van der Waals surface area contributed by atoms with Crippen molar-refractivity contribution in [3.63, 3.8) is 0 Å². The van der Waals surface area contributed by atoms with Crippen LogP contribution in [0.3, 0.4) is 0 Å². The molecule has 0 aliphatic rings. The lowest BCUT2D eigenvalue weighted by Crippen LogP contribution is -2.35. The van der Waals surface area contributed by atoms with E-state index in [0.29, 0.717) is 0 Å². The number of rotatable bonds is 5. The number of hydrogen-bond acceptors (Lipinski definition) is 3. The normalized spacial score (nSPS) is 13.1. The van der Waals surface area contributed by atoms with Crippen molar-refractivity contribution >= 4 is 11.8 Å². The van der Waals surface area contributed by atoms with E-state index >= 15 is 0 Å². The van der Waals surface area contributed by atoms with E-state index < -0.39 is 0 Å². The maximum atomic E-state index is 8.93. The minimum Gasteiger partial charge on any atom is -0.308 e. The van der Waals surface area contributed by atoms with Crippen molar-refractivity contribution in [2.75, 3.05) is 0 Å². The van der Waals surface area contributed by atoms with Gasteiger partial charge in [0.25, 0.3) is 0 Å². The second-order valence-corrected chi connectivity index (χ2v) is 6.67. The van der Waals surface area contributed by atoms with Crippen LogP contribution in [0.1, 0.15) is 39.7 Å². The maximum Gasteiger partial charge on any atom is 0.0961 e. The van der Waals surface area contributed by atoms with E-state index in [4.69, 9.17) is 5.26 Å². The summed E-state index contributed by atoms with van der Waals surface area (Å²) < 4.78 is 0. The number of nitriles is 1. The van der Waals surface area contributed by atoms with Crippen LogP contribution in [0.25, 0.3) is 0 Å². The van der Waals surface area contributed by atoms with Crippen molar-refractivity contribution in [1.29, 1.82) is 5.26 Å². The molecule has 0 saturated carbocycles. The summed E-state index contributed by atoms with van der Waals surface area (Å²) in [6, 6.07) is 10.8. The van der Waals surface area contributed by atoms with Crippen LogP contribution in [0.5, 0.6) is 0 Å². The van der Waals surface area contributed by atoms with Gasteiger partial charge in [0, 0.05) is 17.0 Å². The molecule has 0 aliphatic carbocycles. The van der Waals surface area contributed by atoms with Crippen LogP contribution in [-0.4, -0.2) is 10.8 Å². The SMILES string of the molecule is CCC(C#N)Sc1ccc(CNC(C)(C)C)cc1. The molecule has 1 unspecified atom stereocenters. The Morgan fingerprint density at radius 1 is 1.28 bits per heavy atom. The predicted molar refractivity (Wildman–Crippen MR) is 78.6 cm³/mol. The van der Waals surface area contributed by atoms with E-state index in [1.165, 1.54) is 10.5 Å². The molecule has 0 radical (unpaired) electrons. The average molecular weight is 262 g/mol. The minimum absolute atomic E-state index is 0.0588. The highest BCUT2D eigenvalue weighted by Gasteiger charge is 2.09. The van der Waals surface area contributed by atoms with Gasteiger partial charge in [-0.05, 0) is 44.9 Å². The van der Waals surface area contributed by atoms with Gasteiger partial charge in [0.05, 0.1) is 11.3 Å². The van der Waals surface area contributed by atoms with Gasteiger partial charge < -0.3 is 5.32 Å². The second-order valence-electron chi connectivity index (χ2n) is 5.39. The Bertz CT molecular complexity index is 398. The van der Waals surface area contributed by atoms with Crippen LogP contribution >= 0.6 is 11.8 Å². The summed E-state index contributed by atoms with van der Waals surface area (Å²) in [7, 11) is 0. The Kier molecular flexibility index (Phi) is 5.71. The molecule has 3 heteroatoms. The summed E-state index contributed by atoms with van der Waals surface area (Å²) in [5.74, 6) is 0. The molecule has 0 amide bonds. The maximum absolute atomic E-state index is 8.93. The molecule has 1 N–H and O–H groups in total. The van der Waals surface area contributed by atoms with Gasteiger partial charge in [-0.3, -0.25) is 0 Å². The van der Waals surface area contributed by atoms with Gasteiger partial charge in [-0.25, -0.2) is 0 Å². The van der Waals surface area contributed by atoms with Gasteiger partial charge >= 0.3 is 0 Å². The monoisotopic (exact) mass is 262 g/mol. The summed E-state index contributed by atoms with van der Waals surface area (Å²) in [6.07, 6.45) is 0.883. The van der Waals surface area contributed by atoms with E-state index in [1.807, 2.05) is 6.92 Å². The molecule has 0 fully saturated rings. The number of nitrogens with zero attached hydrogens (tertiary/aromatic N) is 1. The van der Waals surface area contributed by atoms with Crippen LogP contribution in [0.15, 0.2) is 29.2 Å². The molecule has 1 aromatic carbocycles. The van der Waals surface area contributed by atoms with Gasteiger partial charge in [0.2, 0.25) is 0 Å². The van der Waals surface area contributed by atoms with Gasteiger partial charge in [0.1, 0.15) is 0 Å². The quantitative estimate of drug-likeness (QED) is 0.816. The third-order valence-corrected chi connectivity index (χ3v) is 3.81. The highest BCUT2D eigenvalue weighted by molar-refractivity contribution is 8.00.